The van der Waals surface area contributed by atoms with Gasteiger partial charge in [-0.3, -0.25) is 19.3 Å². The van der Waals surface area contributed by atoms with E-state index < -0.39 is 0 Å². The Labute approximate surface area is 172 Å². The molecule has 1 aromatic carbocycles. The van der Waals surface area contributed by atoms with Gasteiger partial charge in [-0.2, -0.15) is 0 Å². The molecule has 0 fully saturated rings. The van der Waals surface area contributed by atoms with Gasteiger partial charge in [-0.25, -0.2) is 4.98 Å². The van der Waals surface area contributed by atoms with Crippen molar-refractivity contribution in [3.05, 3.63) is 81.4 Å². The number of pyridine rings is 1. The summed E-state index contributed by atoms with van der Waals surface area (Å²) in [4.78, 5) is 28.8. The van der Waals surface area contributed by atoms with E-state index in [1.54, 1.807) is 36.4 Å². The molecule has 7 nitrogen and oxygen atoms in total. The summed E-state index contributed by atoms with van der Waals surface area (Å²) in [6, 6.07) is 13.7. The fourth-order valence-electron chi connectivity index (χ4n) is 2.41. The lowest BCUT2D eigenvalue weighted by atomic mass is 10.2. The number of nitrogens with zero attached hydrogens (tertiary/aromatic N) is 4. The maximum atomic E-state index is 12.2. The second kappa shape index (κ2) is 8.09. The number of fused-ring (bicyclic) bond motifs is 1. The number of carbonyl (C=O) groups excluding carboxylic acids is 1. The first-order valence-corrected chi connectivity index (χ1v) is 10.3. The number of halogens is 1. The predicted octanol–water partition coefficient (Wildman–Crippen LogP) is 3.74. The molecule has 140 valence electrons. The molecule has 0 bridgehead atoms. The molecular weight excluding hydrogens is 418 g/mol. The van der Waals surface area contributed by atoms with Crippen LogP contribution in [0.4, 0.5) is 5.13 Å². The first-order valence-electron chi connectivity index (χ1n) is 8.09. The molecule has 0 radical (unpaired) electrons. The molecule has 0 unspecified atom stereocenters. The van der Waals surface area contributed by atoms with Gasteiger partial charge in [-0.15, -0.1) is 10.2 Å². The number of hydrogen-bond donors (Lipinski definition) is 1. The van der Waals surface area contributed by atoms with Crippen molar-refractivity contribution in [1.29, 1.82) is 0 Å². The smallest absolute Gasteiger partial charge is 0.258 e. The van der Waals surface area contributed by atoms with Crippen LogP contribution in [0.3, 0.4) is 0 Å². The summed E-state index contributed by atoms with van der Waals surface area (Å²) in [5.41, 5.74) is 1.51. The van der Waals surface area contributed by atoms with Crippen LogP contribution in [0, 0.1) is 0 Å². The second-order valence-corrected chi connectivity index (χ2v) is 8.28. The number of anilines is 1. The van der Waals surface area contributed by atoms with E-state index in [9.17, 15) is 9.59 Å². The van der Waals surface area contributed by atoms with Crippen molar-refractivity contribution in [2.24, 2.45) is 0 Å². The van der Waals surface area contributed by atoms with Gasteiger partial charge in [0.2, 0.25) is 5.13 Å². The minimum atomic E-state index is -0.240. The van der Waals surface area contributed by atoms with Gasteiger partial charge in [0.15, 0.2) is 4.34 Å². The second-order valence-electron chi connectivity index (χ2n) is 5.64. The van der Waals surface area contributed by atoms with Crippen LogP contribution in [0.5, 0.6) is 0 Å². The maximum Gasteiger partial charge on any atom is 0.258 e. The van der Waals surface area contributed by atoms with Gasteiger partial charge >= 0.3 is 0 Å². The molecule has 0 aliphatic heterocycles. The summed E-state index contributed by atoms with van der Waals surface area (Å²) in [5, 5.41) is 11.7. The van der Waals surface area contributed by atoms with Crippen LogP contribution in [0.2, 0.25) is 5.02 Å². The molecule has 0 atom stereocenters. The lowest BCUT2D eigenvalue weighted by molar-refractivity contribution is 0.102. The highest BCUT2D eigenvalue weighted by molar-refractivity contribution is 8.00. The standard InChI is InChI=1S/C18H12ClN5O2S2/c19-12-6-7-14-20-13(8-15(25)24(14)9-12)10-27-18-23-22-17(28-18)21-16(26)11-4-2-1-3-5-11/h1-9H,10H2,(H,21,22,26). The van der Waals surface area contributed by atoms with Gasteiger partial charge in [0, 0.05) is 23.6 Å². The van der Waals surface area contributed by atoms with Crippen molar-refractivity contribution >= 4 is 51.4 Å². The van der Waals surface area contributed by atoms with Crippen molar-refractivity contribution in [2.45, 2.75) is 10.1 Å². The molecule has 1 amide bonds. The highest BCUT2D eigenvalue weighted by Crippen LogP contribution is 2.28. The van der Waals surface area contributed by atoms with Gasteiger partial charge in [0.1, 0.15) is 5.65 Å². The number of nitrogens with one attached hydrogen (secondary N) is 1. The molecular formula is C18H12ClN5O2S2. The van der Waals surface area contributed by atoms with E-state index in [1.807, 2.05) is 6.07 Å². The number of benzene rings is 1. The highest BCUT2D eigenvalue weighted by Gasteiger charge is 2.11. The molecule has 0 spiro atoms. The fraction of sp³-hybridized carbons (Fsp3) is 0.0556. The Bertz CT molecular complexity index is 1210. The lowest BCUT2D eigenvalue weighted by Gasteiger charge is -2.03. The zero-order chi connectivity index (χ0) is 19.5. The molecule has 0 saturated heterocycles. The Kier molecular flexibility index (Phi) is 5.38. The molecule has 0 saturated carbocycles. The first kappa shape index (κ1) is 18.6. The minimum absolute atomic E-state index is 0.198. The number of thioether (sulfide) groups is 1. The summed E-state index contributed by atoms with van der Waals surface area (Å²) in [6.07, 6.45) is 1.54. The van der Waals surface area contributed by atoms with Crippen LogP contribution in [0.1, 0.15) is 16.1 Å². The monoisotopic (exact) mass is 429 g/mol. The average Bonchev–Trinajstić information content (AvgIpc) is 3.15. The van der Waals surface area contributed by atoms with E-state index in [1.165, 1.54) is 39.8 Å². The van der Waals surface area contributed by atoms with Gasteiger partial charge in [-0.1, -0.05) is 52.9 Å². The maximum absolute atomic E-state index is 12.2. The van der Waals surface area contributed by atoms with Crippen LogP contribution < -0.4 is 10.9 Å². The topological polar surface area (TPSA) is 89.2 Å². The third-order valence-corrected chi connectivity index (χ3v) is 5.91. The summed E-state index contributed by atoms with van der Waals surface area (Å²) in [7, 11) is 0. The quantitative estimate of drug-likeness (QED) is 0.384. The third-order valence-electron chi connectivity index (χ3n) is 3.68. The Balaban J connectivity index is 1.43. The molecule has 3 heterocycles. The SMILES string of the molecule is O=C(Nc1nnc(SCc2cc(=O)n3cc(Cl)ccc3n2)s1)c1ccccc1. The van der Waals surface area contributed by atoms with Crippen molar-refractivity contribution in [3.8, 4) is 0 Å². The van der Waals surface area contributed by atoms with E-state index in [-0.39, 0.29) is 11.5 Å². The van der Waals surface area contributed by atoms with Crippen molar-refractivity contribution in [2.75, 3.05) is 5.32 Å². The normalized spacial score (nSPS) is 10.9. The predicted molar refractivity (Wildman–Crippen MR) is 110 cm³/mol. The summed E-state index contributed by atoms with van der Waals surface area (Å²) in [6.45, 7) is 0. The average molecular weight is 430 g/mol. The number of aromatic nitrogens is 4. The zero-order valence-electron chi connectivity index (χ0n) is 14.2. The van der Waals surface area contributed by atoms with Crippen molar-refractivity contribution in [1.82, 2.24) is 19.6 Å². The first-order chi connectivity index (χ1) is 13.6. The molecule has 4 aromatic rings. The Morgan fingerprint density at radius 2 is 2.00 bits per heavy atom. The molecule has 0 aliphatic carbocycles. The molecule has 1 N–H and O–H groups in total. The molecule has 28 heavy (non-hydrogen) atoms. The Morgan fingerprint density at radius 3 is 2.82 bits per heavy atom. The number of rotatable bonds is 5. The van der Waals surface area contributed by atoms with Crippen LogP contribution >= 0.6 is 34.7 Å². The Hall–Kier alpha value is -2.75. The minimum Gasteiger partial charge on any atom is -0.296 e. The molecule has 4 rings (SSSR count). The lowest BCUT2D eigenvalue weighted by Crippen LogP contribution is -2.14. The van der Waals surface area contributed by atoms with Gasteiger partial charge in [0.25, 0.3) is 11.5 Å². The fourth-order valence-corrected chi connectivity index (χ4v) is 4.21. The summed E-state index contributed by atoms with van der Waals surface area (Å²) < 4.78 is 2.07. The Morgan fingerprint density at radius 1 is 1.18 bits per heavy atom. The van der Waals surface area contributed by atoms with Crippen molar-refractivity contribution < 1.29 is 4.79 Å². The van der Waals surface area contributed by atoms with Crippen LogP contribution in [-0.4, -0.2) is 25.5 Å². The summed E-state index contributed by atoms with van der Waals surface area (Å²) >= 11 is 8.57. The molecule has 3 aromatic heterocycles. The number of amides is 1. The molecule has 10 heteroatoms. The van der Waals surface area contributed by atoms with E-state index in [4.69, 9.17) is 11.6 Å². The molecule has 0 aliphatic rings. The number of hydrogen-bond acceptors (Lipinski definition) is 7. The number of carbonyl (C=O) groups is 1. The van der Waals surface area contributed by atoms with Gasteiger partial charge in [-0.05, 0) is 24.3 Å². The van der Waals surface area contributed by atoms with Crippen molar-refractivity contribution in [3.63, 3.8) is 0 Å². The van der Waals surface area contributed by atoms with Crippen LogP contribution in [-0.2, 0) is 5.75 Å². The van der Waals surface area contributed by atoms with Crippen LogP contribution in [0.25, 0.3) is 5.65 Å². The van der Waals surface area contributed by atoms with E-state index in [2.05, 4.69) is 20.5 Å². The van der Waals surface area contributed by atoms with E-state index in [0.717, 1.165) is 0 Å². The van der Waals surface area contributed by atoms with E-state index >= 15 is 0 Å². The largest absolute Gasteiger partial charge is 0.296 e. The van der Waals surface area contributed by atoms with Crippen LogP contribution in [0.15, 0.2) is 63.9 Å². The summed E-state index contributed by atoms with van der Waals surface area (Å²) in [5.74, 6) is 0.214. The highest BCUT2D eigenvalue weighted by atomic mass is 35.5. The zero-order valence-corrected chi connectivity index (χ0v) is 16.6. The van der Waals surface area contributed by atoms with E-state index in [0.29, 0.717) is 37.2 Å². The van der Waals surface area contributed by atoms with Gasteiger partial charge in [0.05, 0.1) is 10.7 Å². The third kappa shape index (κ3) is 4.22. The van der Waals surface area contributed by atoms with Gasteiger partial charge < -0.3 is 0 Å².